The monoisotopic (exact) mass is 225 g/mol. The Kier molecular flexibility index (Phi) is 3.62. The van der Waals surface area contributed by atoms with Crippen LogP contribution in [0.4, 0.5) is 5.69 Å². The molecule has 1 atom stereocenters. The summed E-state index contributed by atoms with van der Waals surface area (Å²) >= 11 is 0. The molecule has 5 nitrogen and oxygen atoms in total. The van der Waals surface area contributed by atoms with Crippen LogP contribution in [0.1, 0.15) is 25.5 Å². The maximum Gasteiger partial charge on any atom is 0.275 e. The largest absolute Gasteiger partial charge is 0.396 e. The summed E-state index contributed by atoms with van der Waals surface area (Å²) in [4.78, 5) is 10.2. The van der Waals surface area contributed by atoms with Gasteiger partial charge in [-0.25, -0.2) is 0 Å². The number of benzene rings is 1. The van der Waals surface area contributed by atoms with Gasteiger partial charge in [0, 0.05) is 11.5 Å². The zero-order valence-electron chi connectivity index (χ0n) is 9.25. The molecule has 1 aromatic carbocycles. The van der Waals surface area contributed by atoms with Crippen LogP contribution in [0, 0.1) is 15.5 Å². The van der Waals surface area contributed by atoms with Gasteiger partial charge in [0.2, 0.25) is 0 Å². The molecule has 88 valence electrons. The van der Waals surface area contributed by atoms with E-state index in [9.17, 15) is 15.2 Å². The zero-order chi connectivity index (χ0) is 12.3. The van der Waals surface area contributed by atoms with Crippen molar-refractivity contribution >= 4 is 5.69 Å². The molecule has 0 heterocycles. The van der Waals surface area contributed by atoms with E-state index in [0.29, 0.717) is 0 Å². The third-order valence-electron chi connectivity index (χ3n) is 2.58. The minimum Gasteiger partial charge on any atom is -0.396 e. The van der Waals surface area contributed by atoms with Gasteiger partial charge >= 0.3 is 0 Å². The second-order valence-corrected chi connectivity index (χ2v) is 4.37. The third-order valence-corrected chi connectivity index (χ3v) is 2.58. The molecule has 0 saturated heterocycles. The number of hydrogen-bond donors (Lipinski definition) is 2. The van der Waals surface area contributed by atoms with Crippen molar-refractivity contribution in [3.05, 3.63) is 39.9 Å². The molecule has 0 aliphatic heterocycles. The quantitative estimate of drug-likeness (QED) is 0.602. The van der Waals surface area contributed by atoms with Gasteiger partial charge in [-0.05, 0) is 6.07 Å². The standard InChI is InChI=1S/C11H15NO4/c1-11(2,7-13)10(14)8-5-3-4-6-9(8)12(15)16/h3-6,10,13-14H,7H2,1-2H3. The normalized spacial score (nSPS) is 13.5. The van der Waals surface area contributed by atoms with Crippen LogP contribution in [-0.2, 0) is 0 Å². The molecule has 0 aliphatic carbocycles. The Labute approximate surface area is 93.5 Å². The Morgan fingerprint density at radius 1 is 1.44 bits per heavy atom. The fourth-order valence-electron chi connectivity index (χ4n) is 1.39. The highest BCUT2D eigenvalue weighted by molar-refractivity contribution is 5.42. The average Bonchev–Trinajstić information content (AvgIpc) is 2.28. The van der Waals surface area contributed by atoms with Crippen molar-refractivity contribution < 1.29 is 15.1 Å². The van der Waals surface area contributed by atoms with Crippen molar-refractivity contribution in [2.24, 2.45) is 5.41 Å². The Morgan fingerprint density at radius 3 is 2.50 bits per heavy atom. The topological polar surface area (TPSA) is 83.6 Å². The SMILES string of the molecule is CC(C)(CO)C(O)c1ccccc1[N+](=O)[O-]. The van der Waals surface area contributed by atoms with Gasteiger partial charge in [-0.15, -0.1) is 0 Å². The van der Waals surface area contributed by atoms with E-state index in [2.05, 4.69) is 0 Å². The molecule has 5 heteroatoms. The number of nitro groups is 1. The highest BCUT2D eigenvalue weighted by atomic mass is 16.6. The van der Waals surface area contributed by atoms with E-state index in [0.717, 1.165) is 0 Å². The molecule has 0 fully saturated rings. The van der Waals surface area contributed by atoms with E-state index in [4.69, 9.17) is 5.11 Å². The van der Waals surface area contributed by atoms with E-state index in [1.165, 1.54) is 12.1 Å². The Hall–Kier alpha value is -1.46. The summed E-state index contributed by atoms with van der Waals surface area (Å²) in [6.45, 7) is 3.04. The van der Waals surface area contributed by atoms with E-state index >= 15 is 0 Å². The molecule has 0 spiro atoms. The van der Waals surface area contributed by atoms with Gasteiger partial charge < -0.3 is 10.2 Å². The summed E-state index contributed by atoms with van der Waals surface area (Å²) in [6, 6.07) is 6.01. The van der Waals surface area contributed by atoms with E-state index in [1.54, 1.807) is 26.0 Å². The van der Waals surface area contributed by atoms with Gasteiger partial charge in [0.25, 0.3) is 5.69 Å². The van der Waals surface area contributed by atoms with Crippen LogP contribution < -0.4 is 0 Å². The van der Waals surface area contributed by atoms with Gasteiger partial charge in [-0.3, -0.25) is 10.1 Å². The first-order chi connectivity index (χ1) is 7.40. The van der Waals surface area contributed by atoms with Gasteiger partial charge in [0.1, 0.15) is 0 Å². The maximum absolute atomic E-state index is 10.8. The Morgan fingerprint density at radius 2 is 2.00 bits per heavy atom. The van der Waals surface area contributed by atoms with Crippen molar-refractivity contribution in [2.75, 3.05) is 6.61 Å². The maximum atomic E-state index is 10.8. The lowest BCUT2D eigenvalue weighted by Gasteiger charge is -2.28. The van der Waals surface area contributed by atoms with Gasteiger partial charge in [-0.2, -0.15) is 0 Å². The van der Waals surface area contributed by atoms with Crippen molar-refractivity contribution in [2.45, 2.75) is 20.0 Å². The number of aliphatic hydroxyl groups excluding tert-OH is 2. The summed E-state index contributed by atoms with van der Waals surface area (Å²) in [5.41, 5.74) is -0.713. The highest BCUT2D eigenvalue weighted by Gasteiger charge is 2.32. The molecule has 0 bridgehead atoms. The first-order valence-corrected chi connectivity index (χ1v) is 4.92. The van der Waals surface area contributed by atoms with Gasteiger partial charge in [-0.1, -0.05) is 26.0 Å². The first-order valence-electron chi connectivity index (χ1n) is 4.92. The summed E-state index contributed by atoms with van der Waals surface area (Å²) in [7, 11) is 0. The highest BCUT2D eigenvalue weighted by Crippen LogP contribution is 2.36. The van der Waals surface area contributed by atoms with Crippen molar-refractivity contribution in [1.29, 1.82) is 0 Å². The molecule has 1 rings (SSSR count). The van der Waals surface area contributed by atoms with Crippen molar-refractivity contribution in [1.82, 2.24) is 0 Å². The van der Waals surface area contributed by atoms with Crippen LogP contribution >= 0.6 is 0 Å². The number of para-hydroxylation sites is 1. The van der Waals surface area contributed by atoms with Crippen LogP contribution in [0.2, 0.25) is 0 Å². The smallest absolute Gasteiger partial charge is 0.275 e. The first kappa shape index (κ1) is 12.6. The number of nitro benzene ring substituents is 1. The predicted molar refractivity (Wildman–Crippen MR) is 58.9 cm³/mol. The number of nitrogens with zero attached hydrogens (tertiary/aromatic N) is 1. The Balaban J connectivity index is 3.18. The zero-order valence-corrected chi connectivity index (χ0v) is 9.25. The fourth-order valence-corrected chi connectivity index (χ4v) is 1.39. The summed E-state index contributed by atoms with van der Waals surface area (Å²) in [5.74, 6) is 0. The molecular formula is C11H15NO4. The minimum absolute atomic E-state index is 0.128. The molecule has 0 saturated carbocycles. The van der Waals surface area contributed by atoms with Crippen LogP contribution in [0.5, 0.6) is 0 Å². The average molecular weight is 225 g/mol. The Bertz CT molecular complexity index is 389. The van der Waals surface area contributed by atoms with Gasteiger partial charge in [0.15, 0.2) is 0 Å². The van der Waals surface area contributed by atoms with Crippen LogP contribution in [0.15, 0.2) is 24.3 Å². The predicted octanol–water partition coefficient (Wildman–Crippen LogP) is 1.65. The number of aliphatic hydroxyl groups is 2. The molecule has 0 amide bonds. The molecule has 0 aliphatic rings. The summed E-state index contributed by atoms with van der Waals surface area (Å²) in [6.07, 6.45) is -1.07. The molecule has 0 radical (unpaired) electrons. The van der Waals surface area contributed by atoms with E-state index in [-0.39, 0.29) is 17.9 Å². The van der Waals surface area contributed by atoms with Crippen LogP contribution in [0.3, 0.4) is 0 Å². The summed E-state index contributed by atoms with van der Waals surface area (Å²) < 4.78 is 0. The third kappa shape index (κ3) is 2.37. The molecule has 1 unspecified atom stereocenters. The molecule has 0 aromatic heterocycles. The minimum atomic E-state index is -1.07. The molecule has 16 heavy (non-hydrogen) atoms. The lowest BCUT2D eigenvalue weighted by Crippen LogP contribution is -2.26. The number of rotatable bonds is 4. The van der Waals surface area contributed by atoms with Crippen LogP contribution in [0.25, 0.3) is 0 Å². The lowest BCUT2D eigenvalue weighted by molar-refractivity contribution is -0.386. The second-order valence-electron chi connectivity index (χ2n) is 4.37. The number of hydrogen-bond acceptors (Lipinski definition) is 4. The van der Waals surface area contributed by atoms with Crippen LogP contribution in [-0.4, -0.2) is 21.7 Å². The molecule has 2 N–H and O–H groups in total. The van der Waals surface area contributed by atoms with Crippen molar-refractivity contribution in [3.63, 3.8) is 0 Å². The summed E-state index contributed by atoms with van der Waals surface area (Å²) in [5, 5.41) is 29.9. The van der Waals surface area contributed by atoms with E-state index in [1.807, 2.05) is 0 Å². The molecular weight excluding hydrogens is 210 g/mol. The fraction of sp³-hybridized carbons (Fsp3) is 0.455. The van der Waals surface area contributed by atoms with Gasteiger partial charge in [0.05, 0.1) is 23.2 Å². The molecule has 1 aromatic rings. The van der Waals surface area contributed by atoms with Crippen molar-refractivity contribution in [3.8, 4) is 0 Å². The lowest BCUT2D eigenvalue weighted by atomic mass is 9.83. The van der Waals surface area contributed by atoms with E-state index < -0.39 is 16.4 Å². The second kappa shape index (κ2) is 4.59.